The number of benzene rings is 1. The number of carboxylic acid groups (broad SMARTS) is 1. The van der Waals surface area contributed by atoms with Crippen LogP contribution in [0.25, 0.3) is 0 Å². The van der Waals surface area contributed by atoms with Crippen LogP contribution in [0, 0.1) is 11.8 Å². The second-order valence-corrected chi connectivity index (χ2v) is 7.90. The molecule has 0 bridgehead atoms. The highest BCUT2D eigenvalue weighted by Crippen LogP contribution is 2.35. The summed E-state index contributed by atoms with van der Waals surface area (Å²) in [6, 6.07) is 5.38. The van der Waals surface area contributed by atoms with Gasteiger partial charge in [-0.3, -0.25) is 9.59 Å². The van der Waals surface area contributed by atoms with E-state index in [0.29, 0.717) is 42.3 Å². The number of carbonyl (C=O) groups excluding carboxylic acids is 1. The number of carboxylic acids is 1. The third-order valence-corrected chi connectivity index (χ3v) is 5.42. The van der Waals surface area contributed by atoms with Gasteiger partial charge in [0.05, 0.1) is 5.92 Å². The largest absolute Gasteiger partial charge is 0.481 e. The molecule has 6 heteroatoms. The van der Waals surface area contributed by atoms with Gasteiger partial charge in [0, 0.05) is 27.9 Å². The fraction of sp³-hybridized carbons (Fsp3) is 0.556. The third-order valence-electron chi connectivity index (χ3n) is 4.79. The molecule has 24 heavy (non-hydrogen) atoms. The maximum Gasteiger partial charge on any atom is 0.306 e. The molecule has 0 saturated heterocycles. The number of halogens is 2. The van der Waals surface area contributed by atoms with Gasteiger partial charge in [-0.2, -0.15) is 0 Å². The van der Waals surface area contributed by atoms with E-state index in [1.54, 1.807) is 18.2 Å². The monoisotopic (exact) mass is 371 g/mol. The fourth-order valence-electron chi connectivity index (χ4n) is 3.29. The van der Waals surface area contributed by atoms with Gasteiger partial charge in [-0.15, -0.1) is 0 Å². The van der Waals surface area contributed by atoms with E-state index in [2.05, 4.69) is 5.32 Å². The van der Waals surface area contributed by atoms with Gasteiger partial charge in [0.15, 0.2) is 0 Å². The maximum absolute atomic E-state index is 12.4. The van der Waals surface area contributed by atoms with Gasteiger partial charge >= 0.3 is 5.97 Å². The summed E-state index contributed by atoms with van der Waals surface area (Å²) in [4.78, 5) is 23.4. The minimum absolute atomic E-state index is 0.0184. The van der Waals surface area contributed by atoms with Crippen molar-refractivity contribution in [2.75, 3.05) is 6.54 Å². The summed E-state index contributed by atoms with van der Waals surface area (Å²) >= 11 is 12.5. The second-order valence-electron chi connectivity index (χ2n) is 7.09. The van der Waals surface area contributed by atoms with Gasteiger partial charge in [0.2, 0.25) is 5.91 Å². The van der Waals surface area contributed by atoms with Crippen LogP contribution >= 0.6 is 23.2 Å². The van der Waals surface area contributed by atoms with Crippen LogP contribution in [0.3, 0.4) is 0 Å². The molecule has 1 aromatic rings. The average Bonchev–Trinajstić information content (AvgIpc) is 2.52. The van der Waals surface area contributed by atoms with Crippen LogP contribution in [0.4, 0.5) is 0 Å². The maximum atomic E-state index is 12.4. The molecule has 2 N–H and O–H groups in total. The summed E-state index contributed by atoms with van der Waals surface area (Å²) in [5.41, 5.74) is 0.423. The molecule has 0 aromatic heterocycles. The summed E-state index contributed by atoms with van der Waals surface area (Å²) < 4.78 is 0. The number of hydrogen-bond acceptors (Lipinski definition) is 2. The molecule has 132 valence electrons. The lowest BCUT2D eigenvalue weighted by molar-refractivity contribution is -0.144. The molecule has 0 radical (unpaired) electrons. The number of rotatable bonds is 5. The van der Waals surface area contributed by atoms with E-state index in [1.165, 1.54) is 0 Å². The average molecular weight is 372 g/mol. The van der Waals surface area contributed by atoms with Gasteiger partial charge in [0.25, 0.3) is 0 Å². The van der Waals surface area contributed by atoms with E-state index in [1.807, 2.05) is 13.8 Å². The minimum atomic E-state index is -0.761. The summed E-state index contributed by atoms with van der Waals surface area (Å²) in [5.74, 6) is -1.20. The number of carbonyl (C=O) groups is 2. The summed E-state index contributed by atoms with van der Waals surface area (Å²) in [7, 11) is 0. The molecular weight excluding hydrogens is 349 g/mol. The number of hydrogen-bond donors (Lipinski definition) is 2. The van der Waals surface area contributed by atoms with E-state index < -0.39 is 11.4 Å². The van der Waals surface area contributed by atoms with Crippen LogP contribution in [-0.2, 0) is 15.0 Å². The highest BCUT2D eigenvalue weighted by atomic mass is 35.5. The first-order chi connectivity index (χ1) is 11.2. The van der Waals surface area contributed by atoms with Gasteiger partial charge in [-0.1, -0.05) is 43.1 Å². The Morgan fingerprint density at radius 2 is 1.62 bits per heavy atom. The Hall–Kier alpha value is -1.26. The molecule has 1 amide bonds. The standard InChI is InChI=1S/C18H23Cl2NO3/c1-18(2,15-13(19)4-3-5-14(15)20)10-21-16(22)11-6-8-12(9-7-11)17(23)24/h3-5,11-12H,6-10H2,1-2H3,(H,21,22)(H,23,24). The van der Waals surface area contributed by atoms with Crippen LogP contribution < -0.4 is 5.32 Å². The number of aliphatic carboxylic acids is 1. The Morgan fingerprint density at radius 1 is 1.12 bits per heavy atom. The highest BCUT2D eigenvalue weighted by molar-refractivity contribution is 6.36. The molecule has 1 saturated carbocycles. The third kappa shape index (κ3) is 4.42. The summed E-state index contributed by atoms with van der Waals surface area (Å²) in [5, 5.41) is 13.2. The van der Waals surface area contributed by atoms with Crippen molar-refractivity contribution < 1.29 is 14.7 Å². The molecule has 1 aliphatic carbocycles. The molecule has 1 aliphatic rings. The van der Waals surface area contributed by atoms with Gasteiger partial charge in [0.1, 0.15) is 0 Å². The quantitative estimate of drug-likeness (QED) is 0.811. The first-order valence-electron chi connectivity index (χ1n) is 8.17. The van der Waals surface area contributed by atoms with Crippen molar-refractivity contribution >= 4 is 35.1 Å². The molecule has 1 fully saturated rings. The molecule has 0 atom stereocenters. The molecule has 4 nitrogen and oxygen atoms in total. The van der Waals surface area contributed by atoms with Crippen molar-refractivity contribution in [2.45, 2.75) is 44.9 Å². The highest BCUT2D eigenvalue weighted by Gasteiger charge is 2.31. The van der Waals surface area contributed by atoms with Crippen LogP contribution in [-0.4, -0.2) is 23.5 Å². The van der Waals surface area contributed by atoms with E-state index >= 15 is 0 Å². The molecule has 0 heterocycles. The smallest absolute Gasteiger partial charge is 0.306 e. The first-order valence-corrected chi connectivity index (χ1v) is 8.93. The minimum Gasteiger partial charge on any atom is -0.481 e. The topological polar surface area (TPSA) is 66.4 Å². The SMILES string of the molecule is CC(C)(CNC(=O)C1CCC(C(=O)O)CC1)c1c(Cl)cccc1Cl. The Labute approximate surface area is 152 Å². The van der Waals surface area contributed by atoms with Crippen molar-refractivity contribution in [3.63, 3.8) is 0 Å². The Morgan fingerprint density at radius 3 is 2.12 bits per heavy atom. The Bertz CT molecular complexity index is 602. The van der Waals surface area contributed by atoms with Crippen LogP contribution in [0.1, 0.15) is 45.1 Å². The normalized spacial score (nSPS) is 21.3. The molecule has 0 aliphatic heterocycles. The molecular formula is C18H23Cl2NO3. The number of nitrogens with one attached hydrogen (secondary N) is 1. The fourth-order valence-corrected chi connectivity index (χ4v) is 4.20. The van der Waals surface area contributed by atoms with Gasteiger partial charge < -0.3 is 10.4 Å². The van der Waals surface area contributed by atoms with E-state index in [4.69, 9.17) is 28.3 Å². The predicted octanol–water partition coefficient (Wildman–Crippen LogP) is 4.28. The van der Waals surface area contributed by atoms with Crippen molar-refractivity contribution in [1.82, 2.24) is 5.32 Å². The molecule has 2 rings (SSSR count). The second kappa shape index (κ2) is 7.75. The van der Waals surface area contributed by atoms with Crippen molar-refractivity contribution in [2.24, 2.45) is 11.8 Å². The zero-order valence-electron chi connectivity index (χ0n) is 13.9. The van der Waals surface area contributed by atoms with E-state index in [-0.39, 0.29) is 17.7 Å². The molecule has 1 aromatic carbocycles. The Balaban J connectivity index is 1.95. The van der Waals surface area contributed by atoms with Crippen LogP contribution in [0.2, 0.25) is 10.0 Å². The lowest BCUT2D eigenvalue weighted by Crippen LogP contribution is -2.41. The lowest BCUT2D eigenvalue weighted by Gasteiger charge is -2.30. The molecule has 0 unspecified atom stereocenters. The van der Waals surface area contributed by atoms with Crippen molar-refractivity contribution in [3.8, 4) is 0 Å². The lowest BCUT2D eigenvalue weighted by atomic mass is 9.81. The summed E-state index contributed by atoms with van der Waals surface area (Å²) in [6.45, 7) is 4.40. The number of amides is 1. The molecule has 0 spiro atoms. The summed E-state index contributed by atoms with van der Waals surface area (Å²) in [6.07, 6.45) is 2.37. The van der Waals surface area contributed by atoms with E-state index in [0.717, 1.165) is 5.56 Å². The van der Waals surface area contributed by atoms with Crippen molar-refractivity contribution in [3.05, 3.63) is 33.8 Å². The Kier molecular flexibility index (Phi) is 6.16. The predicted molar refractivity (Wildman–Crippen MR) is 95.6 cm³/mol. The van der Waals surface area contributed by atoms with Crippen molar-refractivity contribution in [1.29, 1.82) is 0 Å². The van der Waals surface area contributed by atoms with E-state index in [9.17, 15) is 9.59 Å². The van der Waals surface area contributed by atoms with Gasteiger partial charge in [-0.05, 0) is 43.4 Å². The zero-order valence-corrected chi connectivity index (χ0v) is 15.5. The van der Waals surface area contributed by atoms with Crippen LogP contribution in [0.15, 0.2) is 18.2 Å². The van der Waals surface area contributed by atoms with Crippen LogP contribution in [0.5, 0.6) is 0 Å². The van der Waals surface area contributed by atoms with Gasteiger partial charge in [-0.25, -0.2) is 0 Å². The zero-order chi connectivity index (χ0) is 17.9. The first kappa shape index (κ1) is 19.1.